The van der Waals surface area contributed by atoms with E-state index in [2.05, 4.69) is 19.1 Å². The van der Waals surface area contributed by atoms with Gasteiger partial charge in [0.15, 0.2) is 0 Å². The Bertz CT molecular complexity index is 590. The summed E-state index contributed by atoms with van der Waals surface area (Å²) in [7, 11) is 0. The third kappa shape index (κ3) is 2.23. The standard InChI is InChI=1S/C21H30O3/c1-3-21-12-18(22)20-15-8-6-14(24-4-2)11-13(15)5-7-16(20)17(21)9-10-19(21)23/h5,11,15-18,20,22H,3-4,6-10,12H2,1-2H3/t15?,16?,17?,18?,20?,21-/m0/s1. The summed E-state index contributed by atoms with van der Waals surface area (Å²) >= 11 is 0. The summed E-state index contributed by atoms with van der Waals surface area (Å²) < 4.78 is 5.72. The highest BCUT2D eigenvalue weighted by Crippen LogP contribution is 2.61. The van der Waals surface area contributed by atoms with Crippen molar-refractivity contribution in [1.82, 2.24) is 0 Å². The summed E-state index contributed by atoms with van der Waals surface area (Å²) in [4.78, 5) is 12.6. The molecule has 132 valence electrons. The van der Waals surface area contributed by atoms with Gasteiger partial charge in [-0.1, -0.05) is 13.0 Å². The third-order valence-electron chi connectivity index (χ3n) is 7.48. The molecule has 0 aromatic heterocycles. The van der Waals surface area contributed by atoms with E-state index in [0.717, 1.165) is 50.9 Å². The van der Waals surface area contributed by atoms with Gasteiger partial charge >= 0.3 is 0 Å². The predicted molar refractivity (Wildman–Crippen MR) is 93.2 cm³/mol. The fraction of sp³-hybridized carbons (Fsp3) is 0.762. The predicted octanol–water partition coefficient (Wildman–Crippen LogP) is 4.02. The first kappa shape index (κ1) is 16.4. The molecule has 0 aromatic carbocycles. The van der Waals surface area contributed by atoms with Crippen LogP contribution in [-0.2, 0) is 9.53 Å². The minimum atomic E-state index is -0.330. The number of hydrogen-bond acceptors (Lipinski definition) is 3. The Kier molecular flexibility index (Phi) is 4.11. The molecule has 6 atom stereocenters. The Morgan fingerprint density at radius 2 is 2.12 bits per heavy atom. The van der Waals surface area contributed by atoms with Crippen LogP contribution in [0.1, 0.15) is 58.8 Å². The number of aliphatic hydroxyl groups excluding tert-OH is 1. The lowest BCUT2D eigenvalue weighted by Gasteiger charge is -2.54. The SMILES string of the molecule is CCOC1=CC2=CCC3C(C(O)C[C@]4(CC)C(=O)CCC34)C2CC1. The van der Waals surface area contributed by atoms with Gasteiger partial charge in [-0.3, -0.25) is 4.79 Å². The summed E-state index contributed by atoms with van der Waals surface area (Å²) in [6, 6.07) is 0. The maximum absolute atomic E-state index is 12.6. The van der Waals surface area contributed by atoms with E-state index >= 15 is 0 Å². The molecule has 0 amide bonds. The number of Topliss-reactive ketones (excluding diaryl/α,β-unsaturated/α-hetero) is 1. The molecule has 0 bridgehead atoms. The molecule has 4 rings (SSSR count). The first-order valence-corrected chi connectivity index (χ1v) is 9.85. The van der Waals surface area contributed by atoms with Crippen LogP contribution in [0.2, 0.25) is 0 Å². The molecule has 3 nitrogen and oxygen atoms in total. The smallest absolute Gasteiger partial charge is 0.139 e. The summed E-state index contributed by atoms with van der Waals surface area (Å²) in [5.74, 6) is 3.27. The Morgan fingerprint density at radius 3 is 2.88 bits per heavy atom. The Labute approximate surface area is 145 Å². The maximum Gasteiger partial charge on any atom is 0.139 e. The summed E-state index contributed by atoms with van der Waals surface area (Å²) in [6.45, 7) is 4.90. The molecule has 5 unspecified atom stereocenters. The average Bonchev–Trinajstić information content (AvgIpc) is 2.92. The van der Waals surface area contributed by atoms with Crippen LogP contribution in [0.4, 0.5) is 0 Å². The molecule has 24 heavy (non-hydrogen) atoms. The highest BCUT2D eigenvalue weighted by atomic mass is 16.5. The fourth-order valence-electron chi connectivity index (χ4n) is 6.49. The normalized spacial score (nSPS) is 44.1. The molecule has 0 saturated heterocycles. The molecule has 0 spiro atoms. The Balaban J connectivity index is 1.66. The van der Waals surface area contributed by atoms with Crippen molar-refractivity contribution >= 4 is 5.78 Å². The average molecular weight is 330 g/mol. The van der Waals surface area contributed by atoms with E-state index < -0.39 is 0 Å². The zero-order valence-corrected chi connectivity index (χ0v) is 15.0. The zero-order chi connectivity index (χ0) is 16.9. The van der Waals surface area contributed by atoms with Crippen LogP contribution in [0, 0.1) is 29.1 Å². The highest BCUT2D eigenvalue weighted by molar-refractivity contribution is 5.87. The number of ketones is 1. The number of rotatable bonds is 3. The topological polar surface area (TPSA) is 46.5 Å². The van der Waals surface area contributed by atoms with Gasteiger partial charge in [0.25, 0.3) is 0 Å². The minimum absolute atomic E-state index is 0.229. The number of allylic oxidation sites excluding steroid dienone is 4. The second kappa shape index (κ2) is 6.01. The van der Waals surface area contributed by atoms with Crippen LogP contribution in [0.15, 0.2) is 23.5 Å². The first-order valence-electron chi connectivity index (χ1n) is 9.85. The van der Waals surface area contributed by atoms with E-state index in [9.17, 15) is 9.90 Å². The summed E-state index contributed by atoms with van der Waals surface area (Å²) in [6.07, 6.45) is 10.7. The molecule has 0 aromatic rings. The molecule has 2 fully saturated rings. The lowest BCUT2D eigenvalue weighted by molar-refractivity contribution is -0.141. The second-order valence-corrected chi connectivity index (χ2v) is 8.22. The number of ether oxygens (including phenoxy) is 1. The van der Waals surface area contributed by atoms with Crippen molar-refractivity contribution in [2.24, 2.45) is 29.1 Å². The number of hydrogen-bond donors (Lipinski definition) is 1. The van der Waals surface area contributed by atoms with E-state index in [1.807, 2.05) is 6.92 Å². The van der Waals surface area contributed by atoms with E-state index in [4.69, 9.17) is 4.74 Å². The van der Waals surface area contributed by atoms with Crippen LogP contribution in [0.25, 0.3) is 0 Å². The van der Waals surface area contributed by atoms with Gasteiger partial charge in [-0.25, -0.2) is 0 Å². The van der Waals surface area contributed by atoms with Gasteiger partial charge in [-0.15, -0.1) is 0 Å². The minimum Gasteiger partial charge on any atom is -0.498 e. The largest absolute Gasteiger partial charge is 0.498 e. The van der Waals surface area contributed by atoms with Gasteiger partial charge < -0.3 is 9.84 Å². The third-order valence-corrected chi connectivity index (χ3v) is 7.48. The number of aliphatic hydroxyl groups is 1. The van der Waals surface area contributed by atoms with Crippen LogP contribution < -0.4 is 0 Å². The second-order valence-electron chi connectivity index (χ2n) is 8.22. The zero-order valence-electron chi connectivity index (χ0n) is 15.0. The van der Waals surface area contributed by atoms with Gasteiger partial charge in [0, 0.05) is 18.3 Å². The van der Waals surface area contributed by atoms with Gasteiger partial charge in [-0.2, -0.15) is 0 Å². The Hall–Kier alpha value is -1.09. The van der Waals surface area contributed by atoms with Gasteiger partial charge in [0.1, 0.15) is 5.78 Å². The van der Waals surface area contributed by atoms with E-state index in [1.54, 1.807) is 0 Å². The van der Waals surface area contributed by atoms with Gasteiger partial charge in [0.2, 0.25) is 0 Å². The number of carbonyl (C=O) groups excluding carboxylic acids is 1. The molecule has 4 aliphatic rings. The molecule has 1 N–H and O–H groups in total. The van der Waals surface area contributed by atoms with Crippen LogP contribution in [0.3, 0.4) is 0 Å². The molecule has 0 heterocycles. The molecular weight excluding hydrogens is 300 g/mol. The summed E-state index contributed by atoms with van der Waals surface area (Å²) in [5.41, 5.74) is 1.14. The molecule has 4 aliphatic carbocycles. The quantitative estimate of drug-likeness (QED) is 0.850. The summed E-state index contributed by atoms with van der Waals surface area (Å²) in [5, 5.41) is 11.0. The van der Waals surface area contributed by atoms with Gasteiger partial charge in [0.05, 0.1) is 18.5 Å². The maximum atomic E-state index is 12.6. The lowest BCUT2D eigenvalue weighted by atomic mass is 9.51. The van der Waals surface area contributed by atoms with Crippen LogP contribution in [0.5, 0.6) is 0 Å². The van der Waals surface area contributed by atoms with Crippen LogP contribution >= 0.6 is 0 Å². The first-order chi connectivity index (χ1) is 11.6. The molecule has 0 aliphatic heterocycles. The van der Waals surface area contributed by atoms with Gasteiger partial charge in [-0.05, 0) is 74.3 Å². The number of fused-ring (bicyclic) bond motifs is 5. The molecule has 0 radical (unpaired) electrons. The van der Waals surface area contributed by atoms with Crippen molar-refractivity contribution in [1.29, 1.82) is 0 Å². The van der Waals surface area contributed by atoms with E-state index in [1.165, 1.54) is 5.57 Å². The molecule has 3 heteroatoms. The molecule has 2 saturated carbocycles. The fourth-order valence-corrected chi connectivity index (χ4v) is 6.49. The van der Waals surface area contributed by atoms with Crippen molar-refractivity contribution in [2.75, 3.05) is 6.61 Å². The van der Waals surface area contributed by atoms with Crippen molar-refractivity contribution in [2.45, 2.75) is 64.9 Å². The Morgan fingerprint density at radius 1 is 1.29 bits per heavy atom. The lowest BCUT2D eigenvalue weighted by Crippen LogP contribution is -2.53. The highest BCUT2D eigenvalue weighted by Gasteiger charge is 2.59. The van der Waals surface area contributed by atoms with Crippen molar-refractivity contribution < 1.29 is 14.6 Å². The molecular formula is C21H30O3. The van der Waals surface area contributed by atoms with Crippen molar-refractivity contribution in [3.63, 3.8) is 0 Å². The van der Waals surface area contributed by atoms with E-state index in [0.29, 0.717) is 35.9 Å². The van der Waals surface area contributed by atoms with E-state index in [-0.39, 0.29) is 11.5 Å². The van der Waals surface area contributed by atoms with Crippen molar-refractivity contribution in [3.8, 4) is 0 Å². The monoisotopic (exact) mass is 330 g/mol. The van der Waals surface area contributed by atoms with Crippen LogP contribution in [-0.4, -0.2) is 23.6 Å². The number of carbonyl (C=O) groups is 1. The van der Waals surface area contributed by atoms with Crippen molar-refractivity contribution in [3.05, 3.63) is 23.5 Å².